The third-order valence-electron chi connectivity index (χ3n) is 6.22. The lowest BCUT2D eigenvalue weighted by atomic mass is 9.87. The van der Waals surface area contributed by atoms with Crippen LogP contribution < -0.4 is 0 Å². The minimum Gasteiger partial charge on any atom is -0.338 e. The van der Waals surface area contributed by atoms with Gasteiger partial charge in [0.15, 0.2) is 5.69 Å². The highest BCUT2D eigenvalue weighted by molar-refractivity contribution is 5.79. The van der Waals surface area contributed by atoms with Crippen LogP contribution in [0.4, 0.5) is 4.39 Å². The molecule has 1 aliphatic heterocycles. The van der Waals surface area contributed by atoms with E-state index in [1.807, 2.05) is 16.6 Å². The van der Waals surface area contributed by atoms with E-state index < -0.39 is 0 Å². The van der Waals surface area contributed by atoms with Gasteiger partial charge in [0, 0.05) is 49.3 Å². The summed E-state index contributed by atoms with van der Waals surface area (Å²) in [5.41, 5.74) is 3.19. The summed E-state index contributed by atoms with van der Waals surface area (Å²) in [5.74, 6) is 0.642. The summed E-state index contributed by atoms with van der Waals surface area (Å²) in [6.07, 6.45) is 6.23. The summed E-state index contributed by atoms with van der Waals surface area (Å²) in [6, 6.07) is 6.08. The lowest BCUT2D eigenvalue weighted by molar-refractivity contribution is -0.137. The Bertz CT molecular complexity index is 1080. The van der Waals surface area contributed by atoms with Gasteiger partial charge >= 0.3 is 0 Å². The second kappa shape index (κ2) is 7.66. The fourth-order valence-corrected chi connectivity index (χ4v) is 4.62. The molecule has 7 nitrogen and oxygen atoms in total. The van der Waals surface area contributed by atoms with E-state index in [0.717, 1.165) is 43.4 Å². The number of rotatable bonds is 3. The molecule has 2 aliphatic rings. The van der Waals surface area contributed by atoms with Crippen LogP contribution in [0, 0.1) is 11.7 Å². The predicted octanol–water partition coefficient (Wildman–Crippen LogP) is 3.74. The number of hydrogen-bond donors (Lipinski definition) is 0. The Kier molecular flexibility index (Phi) is 4.84. The molecule has 3 heterocycles. The molecule has 3 aromatic rings. The van der Waals surface area contributed by atoms with Crippen LogP contribution >= 0.6 is 0 Å². The molecule has 156 valence electrons. The van der Waals surface area contributed by atoms with Crippen molar-refractivity contribution in [2.75, 3.05) is 6.54 Å². The molecule has 5 rings (SSSR count). The van der Waals surface area contributed by atoms with Crippen molar-refractivity contribution in [3.05, 3.63) is 41.3 Å². The molecular weight excluding hydrogens is 385 g/mol. The molecule has 1 saturated carbocycles. The number of halogens is 1. The standard InChI is InChI=1S/C22H24FN5O2/c1-27-18-10-11-28(22(29)14-6-3-2-4-7-14)13-17(18)19(25-27)21-24-20(26-30-21)15-8-5-9-16(23)12-15/h5,8-9,12,14H,2-4,6-7,10-11,13H2,1H3. The van der Waals surface area contributed by atoms with Crippen LogP contribution in [0.5, 0.6) is 0 Å². The molecule has 0 unspecified atom stereocenters. The van der Waals surface area contributed by atoms with Crippen molar-refractivity contribution < 1.29 is 13.7 Å². The Hall–Kier alpha value is -3.03. The monoisotopic (exact) mass is 409 g/mol. The van der Waals surface area contributed by atoms with Crippen LogP contribution in [0.15, 0.2) is 28.8 Å². The van der Waals surface area contributed by atoms with Gasteiger partial charge in [-0.05, 0) is 25.0 Å². The van der Waals surface area contributed by atoms with Crippen molar-refractivity contribution in [1.82, 2.24) is 24.8 Å². The van der Waals surface area contributed by atoms with Gasteiger partial charge in [-0.2, -0.15) is 10.1 Å². The minimum atomic E-state index is -0.356. The summed E-state index contributed by atoms with van der Waals surface area (Å²) in [4.78, 5) is 19.5. The van der Waals surface area contributed by atoms with Gasteiger partial charge in [0.05, 0.1) is 0 Å². The fraction of sp³-hybridized carbons (Fsp3) is 0.455. The number of aromatic nitrogens is 4. The molecule has 0 atom stereocenters. The average molecular weight is 409 g/mol. The minimum absolute atomic E-state index is 0.142. The van der Waals surface area contributed by atoms with Gasteiger partial charge in [0.1, 0.15) is 5.82 Å². The van der Waals surface area contributed by atoms with Crippen LogP contribution in [0.25, 0.3) is 23.0 Å². The average Bonchev–Trinajstić information content (AvgIpc) is 3.39. The lowest BCUT2D eigenvalue weighted by Gasteiger charge is -2.32. The second-order valence-electron chi connectivity index (χ2n) is 8.18. The van der Waals surface area contributed by atoms with Gasteiger partial charge in [-0.15, -0.1) is 0 Å². The highest BCUT2D eigenvalue weighted by Crippen LogP contribution is 2.32. The predicted molar refractivity (Wildman–Crippen MR) is 108 cm³/mol. The van der Waals surface area contributed by atoms with Crippen molar-refractivity contribution in [2.24, 2.45) is 13.0 Å². The summed E-state index contributed by atoms with van der Waals surface area (Å²) in [6.45, 7) is 1.21. The van der Waals surface area contributed by atoms with Crippen LogP contribution in [0.2, 0.25) is 0 Å². The third-order valence-corrected chi connectivity index (χ3v) is 6.22. The first kappa shape index (κ1) is 19.0. The molecule has 2 aromatic heterocycles. The van der Waals surface area contributed by atoms with Crippen molar-refractivity contribution in [2.45, 2.75) is 45.1 Å². The topological polar surface area (TPSA) is 77.1 Å². The van der Waals surface area contributed by atoms with E-state index in [-0.39, 0.29) is 23.5 Å². The van der Waals surface area contributed by atoms with Gasteiger partial charge in [-0.3, -0.25) is 9.48 Å². The summed E-state index contributed by atoms with van der Waals surface area (Å²) in [5, 5.41) is 8.61. The summed E-state index contributed by atoms with van der Waals surface area (Å²) in [7, 11) is 1.89. The van der Waals surface area contributed by atoms with Gasteiger partial charge in [-0.1, -0.05) is 36.6 Å². The largest absolute Gasteiger partial charge is 0.338 e. The molecule has 8 heteroatoms. The van der Waals surface area contributed by atoms with Gasteiger partial charge in [0.2, 0.25) is 11.7 Å². The lowest BCUT2D eigenvalue weighted by Crippen LogP contribution is -2.40. The van der Waals surface area contributed by atoms with Gasteiger partial charge in [-0.25, -0.2) is 4.39 Å². The SMILES string of the molecule is Cn1nc(-c2nc(-c3cccc(F)c3)no2)c2c1CCN(C(=O)C1CCCCC1)C2. The molecule has 0 bridgehead atoms. The Morgan fingerprint density at radius 2 is 2.07 bits per heavy atom. The Labute approximate surface area is 173 Å². The number of benzene rings is 1. The molecule has 0 N–H and O–H groups in total. The zero-order chi connectivity index (χ0) is 20.7. The number of carbonyl (C=O) groups excluding carboxylic acids is 1. The second-order valence-corrected chi connectivity index (χ2v) is 8.18. The molecule has 1 amide bonds. The van der Waals surface area contributed by atoms with E-state index in [9.17, 15) is 9.18 Å². The number of nitrogens with zero attached hydrogens (tertiary/aromatic N) is 5. The normalized spacial score (nSPS) is 17.2. The highest BCUT2D eigenvalue weighted by Gasteiger charge is 2.32. The number of aryl methyl sites for hydroxylation is 1. The molecule has 1 aromatic carbocycles. The Morgan fingerprint density at radius 3 is 2.87 bits per heavy atom. The highest BCUT2D eigenvalue weighted by atomic mass is 19.1. The van der Waals surface area contributed by atoms with E-state index in [0.29, 0.717) is 30.2 Å². The molecule has 1 fully saturated rings. The van der Waals surface area contributed by atoms with Crippen molar-refractivity contribution in [3.8, 4) is 23.0 Å². The first-order valence-electron chi connectivity index (χ1n) is 10.5. The Morgan fingerprint density at radius 1 is 1.23 bits per heavy atom. The fourth-order valence-electron chi connectivity index (χ4n) is 4.62. The van der Waals surface area contributed by atoms with Crippen LogP contribution in [0.1, 0.15) is 43.4 Å². The summed E-state index contributed by atoms with van der Waals surface area (Å²) >= 11 is 0. The molecule has 0 radical (unpaired) electrons. The number of fused-ring (bicyclic) bond motifs is 1. The van der Waals surface area contributed by atoms with Crippen molar-refractivity contribution in [1.29, 1.82) is 0 Å². The van der Waals surface area contributed by atoms with E-state index in [1.165, 1.54) is 18.6 Å². The maximum atomic E-state index is 13.5. The third kappa shape index (κ3) is 3.40. The van der Waals surface area contributed by atoms with E-state index >= 15 is 0 Å². The smallest absolute Gasteiger partial charge is 0.279 e. The van der Waals surface area contributed by atoms with Crippen LogP contribution in [-0.2, 0) is 24.8 Å². The van der Waals surface area contributed by atoms with E-state index in [4.69, 9.17) is 4.52 Å². The first-order chi connectivity index (χ1) is 14.6. The quantitative estimate of drug-likeness (QED) is 0.659. The molecule has 0 spiro atoms. The maximum Gasteiger partial charge on any atom is 0.279 e. The van der Waals surface area contributed by atoms with Gasteiger partial charge in [0.25, 0.3) is 5.89 Å². The number of amides is 1. The van der Waals surface area contributed by atoms with E-state index in [1.54, 1.807) is 12.1 Å². The van der Waals surface area contributed by atoms with Crippen LogP contribution in [-0.4, -0.2) is 37.3 Å². The van der Waals surface area contributed by atoms with Crippen LogP contribution in [0.3, 0.4) is 0 Å². The Balaban J connectivity index is 1.43. The zero-order valence-corrected chi connectivity index (χ0v) is 17.0. The maximum absolute atomic E-state index is 13.5. The first-order valence-corrected chi connectivity index (χ1v) is 10.5. The molecule has 30 heavy (non-hydrogen) atoms. The number of hydrogen-bond acceptors (Lipinski definition) is 5. The zero-order valence-electron chi connectivity index (χ0n) is 17.0. The van der Waals surface area contributed by atoms with Gasteiger partial charge < -0.3 is 9.42 Å². The van der Waals surface area contributed by atoms with E-state index in [2.05, 4.69) is 15.2 Å². The summed E-state index contributed by atoms with van der Waals surface area (Å²) < 4.78 is 20.8. The molecule has 0 saturated heterocycles. The molecule has 1 aliphatic carbocycles. The van der Waals surface area contributed by atoms with Crippen molar-refractivity contribution >= 4 is 5.91 Å². The number of carbonyl (C=O) groups is 1. The molecular formula is C22H24FN5O2. The van der Waals surface area contributed by atoms with Crippen molar-refractivity contribution in [3.63, 3.8) is 0 Å².